The van der Waals surface area contributed by atoms with Gasteiger partial charge in [-0.3, -0.25) is 0 Å². The molecular weight excluding hydrogens is 274 g/mol. The summed E-state index contributed by atoms with van der Waals surface area (Å²) in [5.41, 5.74) is -0.242. The monoisotopic (exact) mass is 301 g/mol. The zero-order valence-corrected chi connectivity index (χ0v) is 13.4. The Labute approximate surface area is 122 Å². The van der Waals surface area contributed by atoms with E-state index < -0.39 is 10.0 Å². The van der Waals surface area contributed by atoms with Gasteiger partial charge in [0.25, 0.3) is 0 Å². The normalized spacial score (nSPS) is 43.1. The largest absolute Gasteiger partial charge is 0.376 e. The summed E-state index contributed by atoms with van der Waals surface area (Å²) in [6.07, 6.45) is 6.99. The lowest BCUT2D eigenvalue weighted by Gasteiger charge is -2.60. The summed E-state index contributed by atoms with van der Waals surface area (Å²) in [7, 11) is -1.37. The van der Waals surface area contributed by atoms with Crippen molar-refractivity contribution in [1.29, 1.82) is 0 Å². The second-order valence-electron chi connectivity index (χ2n) is 7.10. The predicted molar refractivity (Wildman–Crippen MR) is 78.9 cm³/mol. The Morgan fingerprint density at radius 2 is 1.65 bits per heavy atom. The molecule has 116 valence electrons. The van der Waals surface area contributed by atoms with Crippen LogP contribution in [0.3, 0.4) is 0 Å². The van der Waals surface area contributed by atoms with Gasteiger partial charge in [0.1, 0.15) is 0 Å². The summed E-state index contributed by atoms with van der Waals surface area (Å²) >= 11 is 0. The Bertz CT molecular complexity index is 432. The molecule has 0 radical (unpaired) electrons. The van der Waals surface area contributed by atoms with Crippen LogP contribution in [-0.2, 0) is 14.8 Å². The summed E-state index contributed by atoms with van der Waals surface area (Å²) in [5.74, 6) is 3.05. The summed E-state index contributed by atoms with van der Waals surface area (Å²) in [4.78, 5) is 0. The third-order valence-electron chi connectivity index (χ3n) is 5.94. The molecule has 0 saturated heterocycles. The van der Waals surface area contributed by atoms with E-state index in [9.17, 15) is 8.42 Å². The molecule has 0 amide bonds. The number of nitrogens with one attached hydrogen (secondary N) is 1. The van der Waals surface area contributed by atoms with Crippen LogP contribution in [-0.4, -0.2) is 33.4 Å². The lowest BCUT2D eigenvalue weighted by molar-refractivity contribution is -0.185. The van der Waals surface area contributed by atoms with Crippen molar-refractivity contribution in [3.8, 4) is 0 Å². The molecule has 0 aromatic heterocycles. The van der Waals surface area contributed by atoms with E-state index in [2.05, 4.69) is 4.72 Å². The molecule has 5 heteroatoms. The van der Waals surface area contributed by atoms with Crippen LogP contribution in [0.1, 0.15) is 45.4 Å². The lowest BCUT2D eigenvalue weighted by atomic mass is 9.50. The molecule has 4 nitrogen and oxygen atoms in total. The third-order valence-corrected chi connectivity index (χ3v) is 7.47. The minimum atomic E-state index is -3.14. The molecule has 0 unspecified atom stereocenters. The highest BCUT2D eigenvalue weighted by Crippen LogP contribution is 2.59. The highest BCUT2D eigenvalue weighted by atomic mass is 32.2. The first-order valence-electron chi connectivity index (χ1n) is 8.01. The van der Waals surface area contributed by atoms with Gasteiger partial charge in [0.05, 0.1) is 11.4 Å². The smallest absolute Gasteiger partial charge is 0.211 e. The van der Waals surface area contributed by atoms with E-state index >= 15 is 0 Å². The average Bonchev–Trinajstić information content (AvgIpc) is 2.38. The van der Waals surface area contributed by atoms with E-state index in [0.717, 1.165) is 11.8 Å². The number of sulfonamides is 1. The van der Waals surface area contributed by atoms with Gasteiger partial charge in [0, 0.05) is 13.7 Å². The molecule has 0 aromatic carbocycles. The van der Waals surface area contributed by atoms with Crippen LogP contribution in [0.2, 0.25) is 0 Å². The molecule has 4 saturated carbocycles. The van der Waals surface area contributed by atoms with Crippen LogP contribution in [0.25, 0.3) is 0 Å². The number of methoxy groups -OCH3 is 1. The van der Waals surface area contributed by atoms with E-state index in [1.807, 2.05) is 6.92 Å². The van der Waals surface area contributed by atoms with Crippen LogP contribution in [0, 0.1) is 23.7 Å². The van der Waals surface area contributed by atoms with Crippen molar-refractivity contribution in [1.82, 2.24) is 4.72 Å². The minimum Gasteiger partial charge on any atom is -0.376 e. The van der Waals surface area contributed by atoms with Gasteiger partial charge >= 0.3 is 0 Å². The molecular formula is C15H27NO3S. The van der Waals surface area contributed by atoms with Crippen LogP contribution >= 0.6 is 0 Å². The van der Waals surface area contributed by atoms with Gasteiger partial charge in [-0.15, -0.1) is 0 Å². The molecule has 4 fully saturated rings. The highest BCUT2D eigenvalue weighted by Gasteiger charge is 2.57. The molecule has 0 heterocycles. The lowest BCUT2D eigenvalue weighted by Crippen LogP contribution is -2.63. The van der Waals surface area contributed by atoms with E-state index in [1.54, 1.807) is 7.11 Å². The number of ether oxygens (including phenoxy) is 1. The van der Waals surface area contributed by atoms with Crippen molar-refractivity contribution < 1.29 is 13.2 Å². The second kappa shape index (κ2) is 5.25. The first-order valence-corrected chi connectivity index (χ1v) is 9.66. The standard InChI is InChI=1S/C15H27NO3S/c1-3-4-20(17,18)16-10-15(19-2)13-6-11-5-12(8-13)9-14(15)7-11/h11-14,16H,3-10H2,1-2H3. The molecule has 1 N–H and O–H groups in total. The van der Waals surface area contributed by atoms with Crippen LogP contribution in [0.4, 0.5) is 0 Å². The first kappa shape index (κ1) is 14.8. The van der Waals surface area contributed by atoms with E-state index in [4.69, 9.17) is 4.74 Å². The van der Waals surface area contributed by atoms with E-state index in [1.165, 1.54) is 32.1 Å². The Morgan fingerprint density at radius 3 is 2.10 bits per heavy atom. The fourth-order valence-electron chi connectivity index (χ4n) is 5.24. The molecule has 0 aliphatic heterocycles. The number of hydrogen-bond donors (Lipinski definition) is 1. The Hall–Kier alpha value is -0.130. The zero-order valence-electron chi connectivity index (χ0n) is 12.6. The molecule has 4 aliphatic rings. The van der Waals surface area contributed by atoms with Gasteiger partial charge < -0.3 is 4.74 Å². The second-order valence-corrected chi connectivity index (χ2v) is 9.03. The molecule has 0 aromatic rings. The van der Waals surface area contributed by atoms with Gasteiger partial charge in [-0.25, -0.2) is 13.1 Å². The summed E-state index contributed by atoms with van der Waals surface area (Å²) in [6, 6.07) is 0. The molecule has 4 aliphatic carbocycles. The maximum atomic E-state index is 12.0. The van der Waals surface area contributed by atoms with Crippen molar-refractivity contribution in [2.45, 2.75) is 51.0 Å². The number of rotatable bonds is 6. The van der Waals surface area contributed by atoms with Crippen LogP contribution in [0.15, 0.2) is 0 Å². The molecule has 0 atom stereocenters. The van der Waals surface area contributed by atoms with Crippen molar-refractivity contribution in [3.05, 3.63) is 0 Å². The van der Waals surface area contributed by atoms with Crippen LogP contribution < -0.4 is 4.72 Å². The predicted octanol–water partition coefficient (Wildman–Crippen LogP) is 2.16. The van der Waals surface area contributed by atoms with Gasteiger partial charge in [-0.1, -0.05) is 6.92 Å². The summed E-state index contributed by atoms with van der Waals surface area (Å²) < 4.78 is 32.7. The Morgan fingerprint density at radius 1 is 1.10 bits per heavy atom. The van der Waals surface area contributed by atoms with Crippen molar-refractivity contribution in [2.24, 2.45) is 23.7 Å². The van der Waals surface area contributed by atoms with E-state index in [0.29, 0.717) is 24.8 Å². The maximum absolute atomic E-state index is 12.0. The highest BCUT2D eigenvalue weighted by molar-refractivity contribution is 7.89. The number of hydrogen-bond acceptors (Lipinski definition) is 3. The quantitative estimate of drug-likeness (QED) is 0.818. The third kappa shape index (κ3) is 2.42. The minimum absolute atomic E-state index is 0.216. The molecule has 20 heavy (non-hydrogen) atoms. The molecule has 0 spiro atoms. The summed E-state index contributed by atoms with van der Waals surface area (Å²) in [6.45, 7) is 2.37. The van der Waals surface area contributed by atoms with Gasteiger partial charge in [-0.05, 0) is 62.2 Å². The Kier molecular flexibility index (Phi) is 3.89. The van der Waals surface area contributed by atoms with Crippen molar-refractivity contribution in [3.63, 3.8) is 0 Å². The van der Waals surface area contributed by atoms with Gasteiger partial charge in [0.2, 0.25) is 10.0 Å². The molecule has 4 bridgehead atoms. The Balaban J connectivity index is 1.75. The average molecular weight is 301 g/mol. The molecule has 4 rings (SSSR count). The van der Waals surface area contributed by atoms with Crippen LogP contribution in [0.5, 0.6) is 0 Å². The fourth-order valence-corrected chi connectivity index (χ4v) is 6.37. The first-order chi connectivity index (χ1) is 9.49. The van der Waals surface area contributed by atoms with Gasteiger partial charge in [-0.2, -0.15) is 0 Å². The maximum Gasteiger partial charge on any atom is 0.211 e. The summed E-state index contributed by atoms with van der Waals surface area (Å²) in [5, 5.41) is 0. The fraction of sp³-hybridized carbons (Fsp3) is 1.00. The van der Waals surface area contributed by atoms with Crippen molar-refractivity contribution >= 4 is 10.0 Å². The topological polar surface area (TPSA) is 55.4 Å². The van der Waals surface area contributed by atoms with Gasteiger partial charge in [0.15, 0.2) is 0 Å². The SMILES string of the molecule is CCCS(=O)(=O)NCC1(OC)C2CC3CC(C2)CC1C3. The van der Waals surface area contributed by atoms with E-state index in [-0.39, 0.29) is 11.4 Å². The zero-order chi connectivity index (χ0) is 14.4. The van der Waals surface area contributed by atoms with Crippen molar-refractivity contribution in [2.75, 3.05) is 19.4 Å².